The third-order valence-electron chi connectivity index (χ3n) is 1.56. The molecule has 7 heteroatoms. The van der Waals surface area contributed by atoms with Crippen LogP contribution in [0.5, 0.6) is 0 Å². The summed E-state index contributed by atoms with van der Waals surface area (Å²) in [6.45, 7) is 0. The van der Waals surface area contributed by atoms with Crippen molar-refractivity contribution in [2.24, 2.45) is 0 Å². The molecular weight excluding hydrogens is 213 g/mol. The third-order valence-corrected chi connectivity index (χ3v) is 1.56. The van der Waals surface area contributed by atoms with Crippen molar-refractivity contribution >= 4 is 5.97 Å². The second-order valence-electron chi connectivity index (χ2n) is 2.48. The van der Waals surface area contributed by atoms with E-state index in [0.29, 0.717) is 6.07 Å². The molecule has 1 aromatic rings. The highest BCUT2D eigenvalue weighted by Crippen LogP contribution is 2.23. The van der Waals surface area contributed by atoms with Crippen LogP contribution in [0.15, 0.2) is 6.07 Å². The maximum Gasteiger partial charge on any atom is 0.355 e. The van der Waals surface area contributed by atoms with Gasteiger partial charge < -0.3 is 5.11 Å². The minimum atomic E-state index is -3.13. The van der Waals surface area contributed by atoms with E-state index < -0.39 is 35.2 Å². The summed E-state index contributed by atoms with van der Waals surface area (Å²) in [5.41, 5.74) is -2.77. The number of alkyl halides is 2. The highest BCUT2D eigenvalue weighted by atomic mass is 19.3. The Kier molecular flexibility index (Phi) is 2.90. The summed E-state index contributed by atoms with van der Waals surface area (Å²) in [6.07, 6.45) is -3.13. The number of carbonyl (C=O) groups is 1. The van der Waals surface area contributed by atoms with Crippen LogP contribution in [0, 0.1) is 17.3 Å². The minimum absolute atomic E-state index is 0.483. The van der Waals surface area contributed by atoms with Crippen LogP contribution in [0.1, 0.15) is 28.0 Å². The van der Waals surface area contributed by atoms with Gasteiger partial charge in [-0.3, -0.25) is 0 Å². The first kappa shape index (κ1) is 11.0. The number of hydrogen-bond donors (Lipinski definition) is 1. The summed E-state index contributed by atoms with van der Waals surface area (Å²) in [5, 5.41) is 16.8. The molecule has 78 valence electrons. The molecule has 0 unspecified atom stereocenters. The van der Waals surface area contributed by atoms with Crippen molar-refractivity contribution in [1.82, 2.24) is 4.98 Å². The molecule has 1 heterocycles. The number of carboxylic acids is 1. The van der Waals surface area contributed by atoms with Crippen LogP contribution in [0.25, 0.3) is 0 Å². The zero-order valence-corrected chi connectivity index (χ0v) is 7.04. The number of halogens is 3. The highest BCUT2D eigenvalue weighted by molar-refractivity contribution is 5.87. The van der Waals surface area contributed by atoms with Gasteiger partial charge in [0, 0.05) is 0 Å². The molecule has 4 nitrogen and oxygen atoms in total. The van der Waals surface area contributed by atoms with E-state index in [9.17, 15) is 18.0 Å². The van der Waals surface area contributed by atoms with Crippen LogP contribution in [-0.4, -0.2) is 16.1 Å². The largest absolute Gasteiger partial charge is 0.476 e. The van der Waals surface area contributed by atoms with Crippen LogP contribution in [-0.2, 0) is 0 Å². The monoisotopic (exact) mass is 216 g/mol. The molecule has 1 rings (SSSR count). The van der Waals surface area contributed by atoms with Crippen molar-refractivity contribution in [2.75, 3.05) is 0 Å². The fourth-order valence-electron chi connectivity index (χ4n) is 0.922. The normalized spacial score (nSPS) is 10.1. The van der Waals surface area contributed by atoms with Gasteiger partial charge in [0.2, 0.25) is 5.95 Å². The smallest absolute Gasteiger partial charge is 0.355 e. The van der Waals surface area contributed by atoms with Crippen LogP contribution in [0.4, 0.5) is 13.2 Å². The van der Waals surface area contributed by atoms with E-state index in [1.807, 2.05) is 0 Å². The molecule has 0 aliphatic carbocycles. The van der Waals surface area contributed by atoms with Gasteiger partial charge in [-0.1, -0.05) is 0 Å². The lowest BCUT2D eigenvalue weighted by Crippen LogP contribution is -2.09. The Morgan fingerprint density at radius 2 is 2.20 bits per heavy atom. The molecule has 15 heavy (non-hydrogen) atoms. The highest BCUT2D eigenvalue weighted by Gasteiger charge is 2.22. The lowest BCUT2D eigenvalue weighted by molar-refractivity contribution is 0.0675. The number of aromatic nitrogens is 1. The third kappa shape index (κ3) is 2.04. The Hall–Kier alpha value is -2.10. The zero-order valence-electron chi connectivity index (χ0n) is 7.04. The van der Waals surface area contributed by atoms with E-state index in [-0.39, 0.29) is 0 Å². The Bertz CT molecular complexity index is 454. The summed E-state index contributed by atoms with van der Waals surface area (Å²) in [7, 11) is 0. The molecule has 0 atom stereocenters. The Morgan fingerprint density at radius 3 is 2.60 bits per heavy atom. The van der Waals surface area contributed by atoms with E-state index in [1.54, 1.807) is 0 Å². The number of nitrogens with zero attached hydrogens (tertiary/aromatic N) is 2. The maximum atomic E-state index is 12.8. The van der Waals surface area contributed by atoms with Crippen LogP contribution < -0.4 is 0 Å². The topological polar surface area (TPSA) is 74.0 Å². The van der Waals surface area contributed by atoms with Gasteiger partial charge >= 0.3 is 5.97 Å². The van der Waals surface area contributed by atoms with Crippen molar-refractivity contribution in [1.29, 1.82) is 5.26 Å². The molecule has 1 aromatic heterocycles. The van der Waals surface area contributed by atoms with E-state index in [0.717, 1.165) is 0 Å². The fourth-order valence-corrected chi connectivity index (χ4v) is 0.922. The number of aromatic carboxylic acids is 1. The molecule has 0 fully saturated rings. The van der Waals surface area contributed by atoms with Crippen molar-refractivity contribution < 1.29 is 23.1 Å². The van der Waals surface area contributed by atoms with E-state index in [4.69, 9.17) is 10.4 Å². The predicted octanol–water partition coefficient (Wildman–Crippen LogP) is 1.73. The summed E-state index contributed by atoms with van der Waals surface area (Å²) in [5.74, 6) is -3.15. The van der Waals surface area contributed by atoms with Crippen molar-refractivity contribution in [3.8, 4) is 6.07 Å². The summed E-state index contributed by atoms with van der Waals surface area (Å²) in [4.78, 5) is 13.2. The molecule has 0 spiro atoms. The molecule has 0 aliphatic heterocycles. The van der Waals surface area contributed by atoms with Gasteiger partial charge in [-0.2, -0.15) is 9.65 Å². The van der Waals surface area contributed by atoms with E-state index in [2.05, 4.69) is 4.98 Å². The predicted molar refractivity (Wildman–Crippen MR) is 40.8 cm³/mol. The summed E-state index contributed by atoms with van der Waals surface area (Å²) >= 11 is 0. The Labute approximate surface area is 81.6 Å². The molecule has 0 aromatic carbocycles. The Morgan fingerprint density at radius 1 is 1.60 bits per heavy atom. The van der Waals surface area contributed by atoms with Gasteiger partial charge in [0.05, 0.1) is 5.56 Å². The van der Waals surface area contributed by atoms with Gasteiger partial charge in [-0.25, -0.2) is 18.6 Å². The number of rotatable bonds is 2. The lowest BCUT2D eigenvalue weighted by atomic mass is 10.1. The fraction of sp³-hybridized carbons (Fsp3) is 0.125. The SMILES string of the molecule is N#Cc1cc(C(F)F)c(C(=O)O)nc1F. The summed E-state index contributed by atoms with van der Waals surface area (Å²) in [6, 6.07) is 1.78. The standard InChI is InChI=1S/C8H3F3N2O2/c9-6(10)4-1-3(2-12)7(11)13-5(4)8(14)15/h1,6H,(H,14,15). The maximum absolute atomic E-state index is 12.8. The van der Waals surface area contributed by atoms with Gasteiger partial charge in [0.1, 0.15) is 11.6 Å². The van der Waals surface area contributed by atoms with Gasteiger partial charge in [0.25, 0.3) is 6.43 Å². The minimum Gasteiger partial charge on any atom is -0.476 e. The van der Waals surface area contributed by atoms with Crippen LogP contribution >= 0.6 is 0 Å². The second-order valence-corrected chi connectivity index (χ2v) is 2.48. The molecular formula is C8H3F3N2O2. The first-order chi connectivity index (χ1) is 6.97. The first-order valence-electron chi connectivity index (χ1n) is 3.59. The quantitative estimate of drug-likeness (QED) is 0.764. The van der Waals surface area contributed by atoms with Gasteiger partial charge in [0.15, 0.2) is 5.69 Å². The van der Waals surface area contributed by atoms with E-state index >= 15 is 0 Å². The van der Waals surface area contributed by atoms with Gasteiger partial charge in [-0.05, 0) is 6.07 Å². The number of carboxylic acid groups (broad SMARTS) is 1. The van der Waals surface area contributed by atoms with E-state index in [1.165, 1.54) is 6.07 Å². The zero-order chi connectivity index (χ0) is 11.6. The van der Waals surface area contributed by atoms with Crippen molar-refractivity contribution in [3.63, 3.8) is 0 Å². The molecule has 0 aliphatic rings. The Balaban J connectivity index is 3.47. The van der Waals surface area contributed by atoms with Crippen LogP contribution in [0.3, 0.4) is 0 Å². The van der Waals surface area contributed by atoms with Crippen LogP contribution in [0.2, 0.25) is 0 Å². The first-order valence-corrected chi connectivity index (χ1v) is 3.59. The molecule has 0 bridgehead atoms. The van der Waals surface area contributed by atoms with Crippen molar-refractivity contribution in [3.05, 3.63) is 28.8 Å². The van der Waals surface area contributed by atoms with Crippen molar-refractivity contribution in [2.45, 2.75) is 6.43 Å². The number of pyridine rings is 1. The second kappa shape index (κ2) is 3.96. The van der Waals surface area contributed by atoms with Gasteiger partial charge in [-0.15, -0.1) is 0 Å². The molecule has 0 saturated carbocycles. The molecule has 0 saturated heterocycles. The average Bonchev–Trinajstić information content (AvgIpc) is 2.16. The molecule has 1 N–H and O–H groups in total. The average molecular weight is 216 g/mol. The number of hydrogen-bond acceptors (Lipinski definition) is 3. The number of nitriles is 1. The molecule has 0 radical (unpaired) electrons. The summed E-state index contributed by atoms with van der Waals surface area (Å²) < 4.78 is 37.4. The molecule has 0 amide bonds. The lowest BCUT2D eigenvalue weighted by Gasteiger charge is -2.04.